The van der Waals surface area contributed by atoms with Crippen LogP contribution in [0.4, 0.5) is 6.01 Å². The molecule has 13 heavy (non-hydrogen) atoms. The lowest BCUT2D eigenvalue weighted by molar-refractivity contribution is 0.415. The Balaban J connectivity index is 1.97. The molecule has 0 saturated heterocycles. The van der Waals surface area contributed by atoms with E-state index in [1.165, 1.54) is 19.3 Å². The zero-order chi connectivity index (χ0) is 9.26. The third-order valence-corrected chi connectivity index (χ3v) is 2.70. The van der Waals surface area contributed by atoms with Gasteiger partial charge in [0.15, 0.2) is 5.82 Å². The summed E-state index contributed by atoms with van der Waals surface area (Å²) in [5, 5.41) is 7.01. The predicted octanol–water partition coefficient (Wildman–Crippen LogP) is 1.98. The van der Waals surface area contributed by atoms with Gasteiger partial charge in [-0.15, -0.1) is 0 Å². The fraction of sp³-hybridized carbons (Fsp3) is 0.778. The molecule has 1 aromatic rings. The van der Waals surface area contributed by atoms with Crippen LogP contribution in [0, 0.1) is 12.8 Å². The molecule has 1 aromatic heterocycles. The summed E-state index contributed by atoms with van der Waals surface area (Å²) in [5.41, 5.74) is 0. The Morgan fingerprint density at radius 3 is 2.85 bits per heavy atom. The molecule has 4 heteroatoms. The number of hydrogen-bond donors (Lipinski definition) is 1. The Morgan fingerprint density at radius 1 is 1.46 bits per heavy atom. The molecule has 1 saturated carbocycles. The van der Waals surface area contributed by atoms with Crippen molar-refractivity contribution in [2.75, 3.05) is 5.32 Å². The van der Waals surface area contributed by atoms with E-state index in [1.54, 1.807) is 0 Å². The highest BCUT2D eigenvalue weighted by Gasteiger charge is 2.24. The molecular weight excluding hydrogens is 166 g/mol. The molecule has 1 N–H and O–H groups in total. The summed E-state index contributed by atoms with van der Waals surface area (Å²) in [7, 11) is 0. The fourth-order valence-electron chi connectivity index (χ4n) is 1.87. The second-order valence-corrected chi connectivity index (χ2v) is 3.81. The van der Waals surface area contributed by atoms with Crippen molar-refractivity contribution >= 4 is 6.01 Å². The van der Waals surface area contributed by atoms with Gasteiger partial charge in [-0.1, -0.05) is 18.5 Å². The number of nitrogens with one attached hydrogen (secondary N) is 1. The molecule has 72 valence electrons. The summed E-state index contributed by atoms with van der Waals surface area (Å²) in [6, 6.07) is 1.08. The van der Waals surface area contributed by atoms with Gasteiger partial charge in [0.1, 0.15) is 0 Å². The van der Waals surface area contributed by atoms with E-state index < -0.39 is 0 Å². The first-order valence-corrected chi connectivity index (χ1v) is 4.82. The average Bonchev–Trinajstić information content (AvgIpc) is 2.64. The maximum atomic E-state index is 5.00. The smallest absolute Gasteiger partial charge is 0.321 e. The molecule has 1 heterocycles. The number of nitrogens with zero attached hydrogens (tertiary/aromatic N) is 2. The molecular formula is C9H15N3O. The van der Waals surface area contributed by atoms with Crippen LogP contribution in [0.15, 0.2) is 4.52 Å². The van der Waals surface area contributed by atoms with E-state index in [9.17, 15) is 0 Å². The second-order valence-electron chi connectivity index (χ2n) is 3.81. The summed E-state index contributed by atoms with van der Waals surface area (Å²) in [4.78, 5) is 4.12. The van der Waals surface area contributed by atoms with Gasteiger partial charge in [0.25, 0.3) is 0 Å². The summed E-state index contributed by atoms with van der Waals surface area (Å²) in [5.74, 6) is 1.40. The van der Waals surface area contributed by atoms with E-state index in [4.69, 9.17) is 4.52 Å². The maximum Gasteiger partial charge on any atom is 0.321 e. The van der Waals surface area contributed by atoms with Crippen LogP contribution in [0.3, 0.4) is 0 Å². The average molecular weight is 181 g/mol. The molecule has 1 aliphatic carbocycles. The lowest BCUT2D eigenvalue weighted by Gasteiger charge is -2.14. The van der Waals surface area contributed by atoms with Crippen LogP contribution in [-0.4, -0.2) is 16.2 Å². The van der Waals surface area contributed by atoms with Crippen LogP contribution in [0.1, 0.15) is 32.0 Å². The molecule has 2 rings (SSSR count). The summed E-state index contributed by atoms with van der Waals surface area (Å²) < 4.78 is 5.00. The first-order valence-electron chi connectivity index (χ1n) is 4.82. The molecule has 1 fully saturated rings. The normalized spacial score (nSPS) is 27.8. The lowest BCUT2D eigenvalue weighted by atomic mass is 10.1. The topological polar surface area (TPSA) is 51.0 Å². The molecule has 4 nitrogen and oxygen atoms in total. The molecule has 0 spiro atoms. The third kappa shape index (κ3) is 1.82. The van der Waals surface area contributed by atoms with E-state index in [0.717, 1.165) is 0 Å². The molecule has 2 unspecified atom stereocenters. The molecule has 2 atom stereocenters. The highest BCUT2D eigenvalue weighted by Crippen LogP contribution is 2.27. The highest BCUT2D eigenvalue weighted by atomic mass is 16.5. The van der Waals surface area contributed by atoms with Gasteiger partial charge < -0.3 is 9.84 Å². The first kappa shape index (κ1) is 8.53. The van der Waals surface area contributed by atoms with Crippen molar-refractivity contribution < 1.29 is 4.52 Å². The van der Waals surface area contributed by atoms with Crippen LogP contribution in [0.2, 0.25) is 0 Å². The van der Waals surface area contributed by atoms with Crippen LogP contribution in [0.25, 0.3) is 0 Å². The number of aryl methyl sites for hydroxylation is 1. The Morgan fingerprint density at radius 2 is 2.31 bits per heavy atom. The zero-order valence-electron chi connectivity index (χ0n) is 8.08. The monoisotopic (exact) mass is 181 g/mol. The Labute approximate surface area is 77.7 Å². The van der Waals surface area contributed by atoms with Gasteiger partial charge in [-0.2, -0.15) is 4.98 Å². The number of aromatic nitrogens is 2. The molecule has 0 aliphatic heterocycles. The SMILES string of the molecule is Cc1noc(NC2CCCC2C)n1. The molecule has 0 amide bonds. The first-order chi connectivity index (χ1) is 6.25. The van der Waals surface area contributed by atoms with Crippen molar-refractivity contribution in [1.29, 1.82) is 0 Å². The molecule has 0 bridgehead atoms. The quantitative estimate of drug-likeness (QED) is 0.758. The van der Waals surface area contributed by atoms with E-state index in [1.807, 2.05) is 6.92 Å². The van der Waals surface area contributed by atoms with Crippen molar-refractivity contribution in [3.63, 3.8) is 0 Å². The van der Waals surface area contributed by atoms with Gasteiger partial charge in [0.05, 0.1) is 0 Å². The van der Waals surface area contributed by atoms with Gasteiger partial charge in [-0.3, -0.25) is 0 Å². The van der Waals surface area contributed by atoms with Crippen molar-refractivity contribution in [2.45, 2.75) is 39.2 Å². The van der Waals surface area contributed by atoms with Crippen LogP contribution < -0.4 is 5.32 Å². The molecule has 0 radical (unpaired) electrons. The lowest BCUT2D eigenvalue weighted by Crippen LogP contribution is -2.21. The number of anilines is 1. The van der Waals surface area contributed by atoms with Gasteiger partial charge in [-0.25, -0.2) is 0 Å². The van der Waals surface area contributed by atoms with Gasteiger partial charge >= 0.3 is 6.01 Å². The van der Waals surface area contributed by atoms with Gasteiger partial charge in [0, 0.05) is 6.04 Å². The number of hydrogen-bond acceptors (Lipinski definition) is 4. The highest BCUT2D eigenvalue weighted by molar-refractivity contribution is 5.21. The summed E-state index contributed by atoms with van der Waals surface area (Å²) >= 11 is 0. The Kier molecular flexibility index (Phi) is 2.20. The van der Waals surface area contributed by atoms with Crippen molar-refractivity contribution in [3.05, 3.63) is 5.82 Å². The minimum Gasteiger partial charge on any atom is -0.335 e. The standard InChI is InChI=1S/C9H15N3O/c1-6-4-3-5-8(6)11-9-10-7(2)12-13-9/h6,8H,3-5H2,1-2H3,(H,10,11,12). The second kappa shape index (κ2) is 3.36. The van der Waals surface area contributed by atoms with Crippen LogP contribution in [0.5, 0.6) is 0 Å². The largest absolute Gasteiger partial charge is 0.335 e. The summed E-state index contributed by atoms with van der Waals surface area (Å²) in [6.07, 6.45) is 3.80. The molecule has 0 aromatic carbocycles. The Bertz CT molecular complexity index is 284. The van der Waals surface area contributed by atoms with Crippen LogP contribution in [-0.2, 0) is 0 Å². The van der Waals surface area contributed by atoms with Crippen molar-refractivity contribution in [3.8, 4) is 0 Å². The van der Waals surface area contributed by atoms with E-state index >= 15 is 0 Å². The van der Waals surface area contributed by atoms with E-state index in [0.29, 0.717) is 23.8 Å². The van der Waals surface area contributed by atoms with Crippen LogP contribution >= 0.6 is 0 Å². The summed E-state index contributed by atoms with van der Waals surface area (Å²) in [6.45, 7) is 4.08. The minimum absolute atomic E-state index is 0.514. The van der Waals surface area contributed by atoms with E-state index in [2.05, 4.69) is 22.4 Å². The fourth-order valence-corrected chi connectivity index (χ4v) is 1.87. The minimum atomic E-state index is 0.514. The Hall–Kier alpha value is -1.06. The maximum absolute atomic E-state index is 5.00. The van der Waals surface area contributed by atoms with Gasteiger partial charge in [0.2, 0.25) is 0 Å². The zero-order valence-corrected chi connectivity index (χ0v) is 8.08. The third-order valence-electron chi connectivity index (χ3n) is 2.70. The van der Waals surface area contributed by atoms with E-state index in [-0.39, 0.29) is 0 Å². The molecule has 1 aliphatic rings. The predicted molar refractivity (Wildman–Crippen MR) is 49.5 cm³/mol. The van der Waals surface area contributed by atoms with Crippen molar-refractivity contribution in [1.82, 2.24) is 10.1 Å². The van der Waals surface area contributed by atoms with Gasteiger partial charge in [-0.05, 0) is 25.7 Å². The van der Waals surface area contributed by atoms with Crippen molar-refractivity contribution in [2.24, 2.45) is 5.92 Å². The number of rotatable bonds is 2.